The third-order valence-corrected chi connectivity index (χ3v) is 6.09. The first-order valence-electron chi connectivity index (χ1n) is 7.78. The van der Waals surface area contributed by atoms with Crippen LogP contribution in [0.3, 0.4) is 0 Å². The van der Waals surface area contributed by atoms with Crippen LogP contribution in [-0.2, 0) is 9.84 Å². The molecule has 1 saturated carbocycles. The van der Waals surface area contributed by atoms with Gasteiger partial charge in [-0.1, -0.05) is 31.9 Å². The van der Waals surface area contributed by atoms with Crippen molar-refractivity contribution in [1.29, 1.82) is 0 Å². The van der Waals surface area contributed by atoms with E-state index in [9.17, 15) is 13.5 Å². The fourth-order valence-electron chi connectivity index (χ4n) is 2.93. The molecular formula is C16H25NO3S. The molecule has 0 bridgehead atoms. The van der Waals surface area contributed by atoms with Gasteiger partial charge in [-0.15, -0.1) is 0 Å². The predicted octanol–water partition coefficient (Wildman–Crippen LogP) is 2.83. The molecule has 0 amide bonds. The number of anilines is 1. The normalized spacial score (nSPS) is 23.0. The summed E-state index contributed by atoms with van der Waals surface area (Å²) in [7, 11) is -3.23. The number of benzene rings is 1. The van der Waals surface area contributed by atoms with Gasteiger partial charge in [0.1, 0.15) is 0 Å². The summed E-state index contributed by atoms with van der Waals surface area (Å²) in [6.07, 6.45) is 4.40. The van der Waals surface area contributed by atoms with Crippen LogP contribution in [0.15, 0.2) is 29.2 Å². The highest BCUT2D eigenvalue weighted by atomic mass is 32.2. The predicted molar refractivity (Wildman–Crippen MR) is 85.2 cm³/mol. The lowest BCUT2D eigenvalue weighted by Gasteiger charge is -2.28. The lowest BCUT2D eigenvalue weighted by atomic mass is 9.86. The van der Waals surface area contributed by atoms with Crippen LogP contribution < -0.4 is 5.32 Å². The Bertz CT molecular complexity index is 556. The zero-order valence-corrected chi connectivity index (χ0v) is 13.4. The molecule has 0 heterocycles. The summed E-state index contributed by atoms with van der Waals surface area (Å²) in [6, 6.07) is 7.05. The van der Waals surface area contributed by atoms with Gasteiger partial charge in [0.25, 0.3) is 0 Å². The van der Waals surface area contributed by atoms with Crippen LogP contribution in [0.5, 0.6) is 0 Å². The van der Waals surface area contributed by atoms with Crippen LogP contribution in [0.25, 0.3) is 0 Å². The Balaban J connectivity index is 2.10. The van der Waals surface area contributed by atoms with Gasteiger partial charge in [0.15, 0.2) is 9.84 Å². The molecule has 2 rings (SSSR count). The van der Waals surface area contributed by atoms with Crippen molar-refractivity contribution in [2.45, 2.75) is 50.0 Å². The largest absolute Gasteiger partial charge is 0.393 e. The van der Waals surface area contributed by atoms with Crippen molar-refractivity contribution in [1.82, 2.24) is 0 Å². The first kappa shape index (κ1) is 16.3. The van der Waals surface area contributed by atoms with Gasteiger partial charge in [0.2, 0.25) is 0 Å². The summed E-state index contributed by atoms with van der Waals surface area (Å²) in [5, 5.41) is 13.2. The Kier molecular flexibility index (Phi) is 5.65. The third kappa shape index (κ3) is 4.20. The molecule has 1 aliphatic rings. The van der Waals surface area contributed by atoms with Crippen molar-refractivity contribution in [2.75, 3.05) is 17.6 Å². The number of hydrogen-bond acceptors (Lipinski definition) is 4. The smallest absolute Gasteiger partial charge is 0.180 e. The van der Waals surface area contributed by atoms with Crippen LogP contribution in [-0.4, -0.2) is 31.9 Å². The molecule has 1 aromatic carbocycles. The topological polar surface area (TPSA) is 66.4 Å². The molecule has 1 aliphatic carbocycles. The molecule has 2 N–H and O–H groups in total. The lowest BCUT2D eigenvalue weighted by Crippen LogP contribution is -2.30. The van der Waals surface area contributed by atoms with Crippen LogP contribution >= 0.6 is 0 Å². The van der Waals surface area contributed by atoms with E-state index in [2.05, 4.69) is 5.32 Å². The van der Waals surface area contributed by atoms with Crippen molar-refractivity contribution in [3.8, 4) is 0 Å². The number of hydrogen-bond donors (Lipinski definition) is 2. The molecule has 2 atom stereocenters. The quantitative estimate of drug-likeness (QED) is 0.848. The number of aliphatic hydroxyl groups excluding tert-OH is 1. The monoisotopic (exact) mass is 311 g/mol. The zero-order chi connectivity index (χ0) is 15.3. The van der Waals surface area contributed by atoms with E-state index < -0.39 is 9.84 Å². The first-order chi connectivity index (χ1) is 10.0. The molecule has 0 saturated heterocycles. The fourth-order valence-corrected chi connectivity index (χ4v) is 4.45. The minimum atomic E-state index is -3.23. The Morgan fingerprint density at radius 3 is 2.67 bits per heavy atom. The molecule has 0 spiro atoms. The minimum Gasteiger partial charge on any atom is -0.393 e. The second kappa shape index (κ2) is 7.27. The first-order valence-corrected chi connectivity index (χ1v) is 9.43. The van der Waals surface area contributed by atoms with E-state index in [1.54, 1.807) is 18.2 Å². The van der Waals surface area contributed by atoms with Gasteiger partial charge in [-0.2, -0.15) is 0 Å². The van der Waals surface area contributed by atoms with Crippen molar-refractivity contribution in [3.63, 3.8) is 0 Å². The van der Waals surface area contributed by atoms with Crippen LogP contribution in [0, 0.1) is 5.92 Å². The van der Waals surface area contributed by atoms with E-state index >= 15 is 0 Å². The maximum absolute atomic E-state index is 12.3. The van der Waals surface area contributed by atoms with Crippen LogP contribution in [0.2, 0.25) is 0 Å². The van der Waals surface area contributed by atoms with E-state index in [0.29, 0.717) is 23.5 Å². The van der Waals surface area contributed by atoms with Gasteiger partial charge in [-0.3, -0.25) is 0 Å². The molecule has 0 aromatic heterocycles. The van der Waals surface area contributed by atoms with Crippen molar-refractivity contribution >= 4 is 15.5 Å². The lowest BCUT2D eigenvalue weighted by molar-refractivity contribution is 0.0763. The molecule has 0 aliphatic heterocycles. The second-order valence-electron chi connectivity index (χ2n) is 5.81. The number of para-hydroxylation sites is 1. The molecule has 21 heavy (non-hydrogen) atoms. The van der Waals surface area contributed by atoms with Gasteiger partial charge >= 0.3 is 0 Å². The molecule has 4 nitrogen and oxygen atoms in total. The maximum atomic E-state index is 12.3. The SMILES string of the molecule is CCCS(=O)(=O)c1ccccc1NCC1CCCCC1O. The molecule has 0 radical (unpaired) electrons. The fraction of sp³-hybridized carbons (Fsp3) is 0.625. The Morgan fingerprint density at radius 2 is 1.95 bits per heavy atom. The summed E-state index contributed by atoms with van der Waals surface area (Å²) < 4.78 is 24.6. The summed E-state index contributed by atoms with van der Waals surface area (Å²) in [6.45, 7) is 2.49. The van der Waals surface area contributed by atoms with Gasteiger partial charge in [-0.25, -0.2) is 8.42 Å². The number of rotatable bonds is 6. The highest BCUT2D eigenvalue weighted by Crippen LogP contribution is 2.27. The molecule has 5 heteroatoms. The van der Waals surface area contributed by atoms with E-state index in [4.69, 9.17) is 0 Å². The van der Waals surface area contributed by atoms with Crippen LogP contribution in [0.1, 0.15) is 39.0 Å². The summed E-state index contributed by atoms with van der Waals surface area (Å²) >= 11 is 0. The van der Waals surface area contributed by atoms with Crippen LogP contribution in [0.4, 0.5) is 5.69 Å². The van der Waals surface area contributed by atoms with Gasteiger partial charge in [-0.05, 0) is 31.4 Å². The molecule has 1 aromatic rings. The number of sulfone groups is 1. The highest BCUT2D eigenvalue weighted by Gasteiger charge is 2.24. The van der Waals surface area contributed by atoms with E-state index in [1.807, 2.05) is 13.0 Å². The summed E-state index contributed by atoms with van der Waals surface area (Å²) in [5.74, 6) is 0.373. The second-order valence-corrected chi connectivity index (χ2v) is 7.89. The van der Waals surface area contributed by atoms with Gasteiger partial charge < -0.3 is 10.4 Å². The van der Waals surface area contributed by atoms with Crippen molar-refractivity contribution in [3.05, 3.63) is 24.3 Å². The maximum Gasteiger partial charge on any atom is 0.180 e. The summed E-state index contributed by atoms with van der Waals surface area (Å²) in [5.41, 5.74) is 0.656. The Hall–Kier alpha value is -1.07. The molecule has 1 fully saturated rings. The highest BCUT2D eigenvalue weighted by molar-refractivity contribution is 7.91. The standard InChI is InChI=1S/C16H25NO3S/c1-2-11-21(19,20)16-10-6-4-8-14(16)17-12-13-7-3-5-9-15(13)18/h4,6,8,10,13,15,17-18H,2-3,5,7,9,11-12H2,1H3. The van der Waals surface area contributed by atoms with E-state index in [-0.39, 0.29) is 17.8 Å². The van der Waals surface area contributed by atoms with Gasteiger partial charge in [0, 0.05) is 12.5 Å². The molecule has 118 valence electrons. The van der Waals surface area contributed by atoms with E-state index in [0.717, 1.165) is 25.7 Å². The minimum absolute atomic E-state index is 0.164. The van der Waals surface area contributed by atoms with Crippen molar-refractivity contribution < 1.29 is 13.5 Å². The number of nitrogens with one attached hydrogen (secondary N) is 1. The Labute approximate surface area is 127 Å². The Morgan fingerprint density at radius 1 is 1.24 bits per heavy atom. The molecular weight excluding hydrogens is 286 g/mol. The average molecular weight is 311 g/mol. The number of aliphatic hydroxyl groups is 1. The summed E-state index contributed by atoms with van der Waals surface area (Å²) in [4.78, 5) is 0.372. The van der Waals surface area contributed by atoms with Crippen molar-refractivity contribution in [2.24, 2.45) is 5.92 Å². The van der Waals surface area contributed by atoms with E-state index in [1.165, 1.54) is 0 Å². The third-order valence-electron chi connectivity index (χ3n) is 4.12. The van der Waals surface area contributed by atoms with Gasteiger partial charge in [0.05, 0.1) is 22.4 Å². The molecule has 2 unspecified atom stereocenters. The zero-order valence-electron chi connectivity index (χ0n) is 12.6. The average Bonchev–Trinajstić information content (AvgIpc) is 2.47.